The van der Waals surface area contributed by atoms with Gasteiger partial charge in [0.25, 0.3) is 0 Å². The summed E-state index contributed by atoms with van der Waals surface area (Å²) in [6, 6.07) is 17.4. The molecule has 0 saturated heterocycles. The molecular formula is C20H21ClN4O. The Labute approximate surface area is 158 Å². The predicted octanol–water partition coefficient (Wildman–Crippen LogP) is 3.66. The van der Waals surface area contributed by atoms with Crippen LogP contribution in [0.3, 0.4) is 0 Å². The Morgan fingerprint density at radius 2 is 2.00 bits per heavy atom. The number of nitrogens with one attached hydrogen (secondary N) is 1. The van der Waals surface area contributed by atoms with Gasteiger partial charge in [-0.25, -0.2) is 4.98 Å². The minimum absolute atomic E-state index is 0.0871. The maximum Gasteiger partial charge on any atom is 0.238 e. The van der Waals surface area contributed by atoms with Gasteiger partial charge in [0.2, 0.25) is 5.91 Å². The summed E-state index contributed by atoms with van der Waals surface area (Å²) in [4.78, 5) is 18.6. The van der Waals surface area contributed by atoms with E-state index in [0.29, 0.717) is 17.3 Å². The molecule has 2 aromatic carbocycles. The van der Waals surface area contributed by atoms with Crippen LogP contribution in [0.15, 0.2) is 67.0 Å². The Bertz CT molecular complexity index is 863. The number of imidazole rings is 1. The third-order valence-electron chi connectivity index (χ3n) is 3.93. The van der Waals surface area contributed by atoms with Crippen LogP contribution in [-0.2, 0) is 17.9 Å². The van der Waals surface area contributed by atoms with Gasteiger partial charge in [0.05, 0.1) is 13.1 Å². The van der Waals surface area contributed by atoms with Crippen molar-refractivity contribution in [3.8, 4) is 0 Å². The highest BCUT2D eigenvalue weighted by Gasteiger charge is 2.11. The first-order valence-corrected chi connectivity index (χ1v) is 8.76. The molecule has 0 fully saturated rings. The molecule has 0 aliphatic heterocycles. The van der Waals surface area contributed by atoms with Crippen LogP contribution in [0.1, 0.15) is 11.4 Å². The average Bonchev–Trinajstić information content (AvgIpc) is 3.02. The maximum absolute atomic E-state index is 12.2. The molecule has 5 nitrogen and oxygen atoms in total. The molecule has 0 radical (unpaired) electrons. The Morgan fingerprint density at radius 3 is 2.77 bits per heavy atom. The molecule has 0 aliphatic carbocycles. The zero-order chi connectivity index (χ0) is 18.4. The monoisotopic (exact) mass is 368 g/mol. The van der Waals surface area contributed by atoms with Gasteiger partial charge in [-0.05, 0) is 30.8 Å². The number of rotatable bonds is 7. The summed E-state index contributed by atoms with van der Waals surface area (Å²) >= 11 is 5.94. The molecule has 0 saturated carbocycles. The fourth-order valence-electron chi connectivity index (χ4n) is 2.72. The molecule has 0 bridgehead atoms. The van der Waals surface area contributed by atoms with Crippen molar-refractivity contribution in [3.63, 3.8) is 0 Å². The zero-order valence-electron chi connectivity index (χ0n) is 14.6. The summed E-state index contributed by atoms with van der Waals surface area (Å²) in [7, 11) is 1.90. The van der Waals surface area contributed by atoms with Crippen LogP contribution < -0.4 is 5.32 Å². The summed E-state index contributed by atoms with van der Waals surface area (Å²) in [6.07, 6.45) is 3.75. The van der Waals surface area contributed by atoms with E-state index in [1.807, 2.05) is 48.5 Å². The van der Waals surface area contributed by atoms with Crippen molar-refractivity contribution < 1.29 is 4.79 Å². The molecule has 0 spiro atoms. The second kappa shape index (κ2) is 8.65. The van der Waals surface area contributed by atoms with Crippen LogP contribution in [0.4, 0.5) is 5.69 Å². The number of nitrogens with zero attached hydrogens (tertiary/aromatic N) is 3. The summed E-state index contributed by atoms with van der Waals surface area (Å²) in [5, 5.41) is 3.45. The van der Waals surface area contributed by atoms with E-state index in [9.17, 15) is 4.79 Å². The minimum atomic E-state index is -0.0871. The largest absolute Gasteiger partial charge is 0.329 e. The molecule has 1 aromatic heterocycles. The van der Waals surface area contributed by atoms with Crippen LogP contribution in [0.2, 0.25) is 5.02 Å². The van der Waals surface area contributed by atoms with Crippen molar-refractivity contribution in [2.45, 2.75) is 13.1 Å². The van der Waals surface area contributed by atoms with Gasteiger partial charge in [-0.2, -0.15) is 0 Å². The van der Waals surface area contributed by atoms with Gasteiger partial charge in [-0.3, -0.25) is 9.69 Å². The van der Waals surface area contributed by atoms with E-state index in [4.69, 9.17) is 11.6 Å². The molecule has 0 unspecified atom stereocenters. The molecule has 0 aliphatic rings. The SMILES string of the molecule is CN(CC(=O)Nc1cccc(Cl)c1)Cc1nccn1Cc1ccccc1. The van der Waals surface area contributed by atoms with Crippen molar-refractivity contribution in [1.29, 1.82) is 0 Å². The van der Waals surface area contributed by atoms with E-state index in [0.717, 1.165) is 12.4 Å². The molecule has 0 atom stereocenters. The van der Waals surface area contributed by atoms with Gasteiger partial charge in [0.1, 0.15) is 5.82 Å². The first-order valence-electron chi connectivity index (χ1n) is 8.38. The first kappa shape index (κ1) is 18.2. The zero-order valence-corrected chi connectivity index (χ0v) is 15.4. The lowest BCUT2D eigenvalue weighted by Crippen LogP contribution is -2.30. The van der Waals surface area contributed by atoms with Gasteiger partial charge in [-0.15, -0.1) is 0 Å². The molecule has 3 aromatic rings. The summed E-state index contributed by atoms with van der Waals surface area (Å²) in [5.41, 5.74) is 1.91. The van der Waals surface area contributed by atoms with Gasteiger partial charge in [-0.1, -0.05) is 48.0 Å². The number of carbonyl (C=O) groups excluding carboxylic acids is 1. The van der Waals surface area contributed by atoms with Gasteiger partial charge in [0.15, 0.2) is 0 Å². The molecular weight excluding hydrogens is 348 g/mol. The third kappa shape index (κ3) is 5.18. The van der Waals surface area contributed by atoms with Crippen LogP contribution >= 0.6 is 11.6 Å². The Morgan fingerprint density at radius 1 is 1.19 bits per heavy atom. The first-order chi connectivity index (χ1) is 12.6. The molecule has 3 rings (SSSR count). The maximum atomic E-state index is 12.2. The number of carbonyl (C=O) groups is 1. The lowest BCUT2D eigenvalue weighted by molar-refractivity contribution is -0.117. The predicted molar refractivity (Wildman–Crippen MR) is 104 cm³/mol. The molecule has 134 valence electrons. The second-order valence-electron chi connectivity index (χ2n) is 6.19. The summed E-state index contributed by atoms with van der Waals surface area (Å²) in [6.45, 7) is 1.62. The highest BCUT2D eigenvalue weighted by atomic mass is 35.5. The molecule has 1 N–H and O–H groups in total. The average molecular weight is 369 g/mol. The number of likely N-dealkylation sites (N-methyl/N-ethyl adjacent to an activating group) is 1. The normalized spacial score (nSPS) is 10.9. The van der Waals surface area contributed by atoms with Crippen molar-refractivity contribution >= 4 is 23.2 Å². The van der Waals surface area contributed by atoms with E-state index in [1.54, 1.807) is 18.3 Å². The van der Waals surface area contributed by atoms with Crippen molar-refractivity contribution in [2.24, 2.45) is 0 Å². The molecule has 1 heterocycles. The Kier molecular flexibility index (Phi) is 6.04. The minimum Gasteiger partial charge on any atom is -0.329 e. The van der Waals surface area contributed by atoms with Gasteiger partial charge >= 0.3 is 0 Å². The molecule has 1 amide bonds. The van der Waals surface area contributed by atoms with Gasteiger partial charge in [0, 0.05) is 29.6 Å². The van der Waals surface area contributed by atoms with Crippen LogP contribution in [0.25, 0.3) is 0 Å². The number of halogens is 1. The summed E-state index contributed by atoms with van der Waals surface area (Å²) in [5.74, 6) is 0.836. The number of anilines is 1. The molecule has 6 heteroatoms. The lowest BCUT2D eigenvalue weighted by Gasteiger charge is -2.17. The standard InChI is InChI=1S/C20H21ClN4O/c1-24(15-20(26)23-18-9-5-8-17(21)12-18)14-19-22-10-11-25(19)13-16-6-3-2-4-7-16/h2-12H,13-15H2,1H3,(H,23,26). The third-order valence-corrected chi connectivity index (χ3v) is 4.17. The lowest BCUT2D eigenvalue weighted by atomic mass is 10.2. The number of hydrogen-bond acceptors (Lipinski definition) is 3. The highest BCUT2D eigenvalue weighted by Crippen LogP contribution is 2.15. The fraction of sp³-hybridized carbons (Fsp3) is 0.200. The summed E-state index contributed by atoms with van der Waals surface area (Å²) < 4.78 is 2.10. The van der Waals surface area contributed by atoms with Crippen molar-refractivity contribution in [1.82, 2.24) is 14.5 Å². The molecule has 26 heavy (non-hydrogen) atoms. The fourth-order valence-corrected chi connectivity index (χ4v) is 2.92. The van der Waals surface area contributed by atoms with Crippen molar-refractivity contribution in [3.05, 3.63) is 83.4 Å². The number of hydrogen-bond donors (Lipinski definition) is 1. The number of benzene rings is 2. The van der Waals surface area contributed by atoms with E-state index in [2.05, 4.69) is 27.0 Å². The number of amides is 1. The second-order valence-corrected chi connectivity index (χ2v) is 6.62. The van der Waals surface area contributed by atoms with Crippen LogP contribution in [-0.4, -0.2) is 34.0 Å². The quantitative estimate of drug-likeness (QED) is 0.692. The van der Waals surface area contributed by atoms with Gasteiger partial charge < -0.3 is 9.88 Å². The number of aromatic nitrogens is 2. The topological polar surface area (TPSA) is 50.2 Å². The smallest absolute Gasteiger partial charge is 0.238 e. The van der Waals surface area contributed by atoms with E-state index in [1.165, 1.54) is 5.56 Å². The van der Waals surface area contributed by atoms with E-state index >= 15 is 0 Å². The Balaban J connectivity index is 1.56. The van der Waals surface area contributed by atoms with Crippen LogP contribution in [0.5, 0.6) is 0 Å². The Hall–Kier alpha value is -2.63. The highest BCUT2D eigenvalue weighted by molar-refractivity contribution is 6.30. The van der Waals surface area contributed by atoms with Crippen LogP contribution in [0, 0.1) is 0 Å². The van der Waals surface area contributed by atoms with E-state index < -0.39 is 0 Å². The van der Waals surface area contributed by atoms with E-state index in [-0.39, 0.29) is 12.5 Å². The van der Waals surface area contributed by atoms with Crippen molar-refractivity contribution in [2.75, 3.05) is 18.9 Å².